The van der Waals surface area contributed by atoms with E-state index in [1.807, 2.05) is 33.8 Å². The summed E-state index contributed by atoms with van der Waals surface area (Å²) in [7, 11) is 4.96. The Bertz CT molecular complexity index is 808. The van der Waals surface area contributed by atoms with E-state index in [1.54, 1.807) is 26.1 Å². The lowest BCUT2D eigenvalue weighted by atomic mass is 9.68. The third-order valence-electron chi connectivity index (χ3n) is 6.93. The molecule has 36 heavy (non-hydrogen) atoms. The Morgan fingerprint density at radius 1 is 1.22 bits per heavy atom. The molecule has 0 aromatic rings. The number of nitrogens with zero attached hydrogens (tertiary/aromatic N) is 2. The smallest absolute Gasteiger partial charge is 0.414 e. The SMILES string of the molecule is COC1C(OC(=O)NC(=O)CN(C)CCN(C)C(=O)CN)CC[C@]2(CO2)C1C(C)(C)OCC=C(C)C. The number of likely N-dealkylation sites (N-methyl/N-ethyl adjacent to an activating group) is 2. The third-order valence-corrected chi connectivity index (χ3v) is 6.93. The Morgan fingerprint density at radius 2 is 1.89 bits per heavy atom. The van der Waals surface area contributed by atoms with Crippen LogP contribution in [0, 0.1) is 5.92 Å². The van der Waals surface area contributed by atoms with E-state index in [9.17, 15) is 14.4 Å². The first-order valence-electron chi connectivity index (χ1n) is 12.4. The van der Waals surface area contributed by atoms with Gasteiger partial charge >= 0.3 is 6.09 Å². The van der Waals surface area contributed by atoms with Crippen LogP contribution in [-0.4, -0.2) is 112 Å². The minimum atomic E-state index is -0.814. The molecule has 1 spiro atoms. The van der Waals surface area contributed by atoms with Gasteiger partial charge in [-0.2, -0.15) is 0 Å². The topological polar surface area (TPSA) is 136 Å². The zero-order chi connectivity index (χ0) is 27.1. The summed E-state index contributed by atoms with van der Waals surface area (Å²) in [6.07, 6.45) is 1.46. The van der Waals surface area contributed by atoms with Gasteiger partial charge in [0, 0.05) is 33.2 Å². The van der Waals surface area contributed by atoms with Crippen LogP contribution in [0.4, 0.5) is 4.79 Å². The first-order valence-corrected chi connectivity index (χ1v) is 12.4. The summed E-state index contributed by atoms with van der Waals surface area (Å²) in [5.74, 6) is -0.843. The molecule has 11 nitrogen and oxygen atoms in total. The number of amides is 3. The van der Waals surface area contributed by atoms with Crippen LogP contribution in [-0.2, 0) is 28.5 Å². The van der Waals surface area contributed by atoms with Crippen LogP contribution in [0.15, 0.2) is 11.6 Å². The largest absolute Gasteiger partial charge is 0.443 e. The van der Waals surface area contributed by atoms with Crippen LogP contribution in [0.2, 0.25) is 0 Å². The number of allylic oxidation sites excluding steroid dienone is 1. The van der Waals surface area contributed by atoms with E-state index >= 15 is 0 Å². The molecule has 4 atom stereocenters. The first kappa shape index (κ1) is 30.2. The highest BCUT2D eigenvalue weighted by atomic mass is 16.6. The number of ether oxygens (including phenoxy) is 4. The number of alkyl carbamates (subject to hydrolysis) is 1. The highest BCUT2D eigenvalue weighted by molar-refractivity contribution is 5.92. The van der Waals surface area contributed by atoms with Crippen molar-refractivity contribution in [3.8, 4) is 0 Å². The second-order valence-corrected chi connectivity index (χ2v) is 10.5. The average molecular weight is 513 g/mol. The molecule has 1 aliphatic heterocycles. The molecule has 2 rings (SSSR count). The number of epoxide rings is 1. The van der Waals surface area contributed by atoms with Crippen molar-refractivity contribution >= 4 is 17.9 Å². The van der Waals surface area contributed by atoms with Gasteiger partial charge in [-0.1, -0.05) is 11.6 Å². The van der Waals surface area contributed by atoms with Crippen molar-refractivity contribution in [1.29, 1.82) is 0 Å². The van der Waals surface area contributed by atoms with E-state index in [0.29, 0.717) is 39.1 Å². The van der Waals surface area contributed by atoms with Gasteiger partial charge in [-0.15, -0.1) is 0 Å². The minimum absolute atomic E-state index is 0.0249. The van der Waals surface area contributed by atoms with E-state index in [-0.39, 0.29) is 30.5 Å². The van der Waals surface area contributed by atoms with Crippen LogP contribution < -0.4 is 11.1 Å². The fourth-order valence-corrected chi connectivity index (χ4v) is 4.84. The van der Waals surface area contributed by atoms with Gasteiger partial charge in [-0.25, -0.2) is 4.79 Å². The number of nitrogens with one attached hydrogen (secondary N) is 1. The van der Waals surface area contributed by atoms with Crippen molar-refractivity contribution in [2.45, 2.75) is 63.9 Å². The molecule has 11 heteroatoms. The van der Waals surface area contributed by atoms with Gasteiger partial charge in [-0.05, 0) is 47.6 Å². The predicted molar refractivity (Wildman–Crippen MR) is 134 cm³/mol. The lowest BCUT2D eigenvalue weighted by Gasteiger charge is -2.47. The number of hydrogen-bond donors (Lipinski definition) is 2. The second-order valence-electron chi connectivity index (χ2n) is 10.5. The van der Waals surface area contributed by atoms with E-state index in [1.165, 1.54) is 10.5 Å². The maximum Gasteiger partial charge on any atom is 0.414 e. The molecule has 2 fully saturated rings. The molecule has 0 radical (unpaired) electrons. The maximum atomic E-state index is 12.6. The molecule has 1 saturated carbocycles. The minimum Gasteiger partial charge on any atom is -0.443 e. The summed E-state index contributed by atoms with van der Waals surface area (Å²) in [5, 5.41) is 2.29. The van der Waals surface area contributed by atoms with Gasteiger partial charge in [0.2, 0.25) is 11.8 Å². The van der Waals surface area contributed by atoms with E-state index in [4.69, 9.17) is 24.7 Å². The summed E-state index contributed by atoms with van der Waals surface area (Å²) in [5.41, 5.74) is 5.56. The number of carbonyl (C=O) groups is 3. The van der Waals surface area contributed by atoms with Gasteiger partial charge < -0.3 is 29.6 Å². The van der Waals surface area contributed by atoms with Crippen LogP contribution in [0.1, 0.15) is 40.5 Å². The predicted octanol–water partition coefficient (Wildman–Crippen LogP) is 0.912. The molecule has 1 aliphatic carbocycles. The lowest BCUT2D eigenvalue weighted by Crippen LogP contribution is -2.59. The van der Waals surface area contributed by atoms with Crippen LogP contribution >= 0.6 is 0 Å². The van der Waals surface area contributed by atoms with E-state index < -0.39 is 29.8 Å². The number of imide groups is 1. The molecule has 3 unspecified atom stereocenters. The summed E-state index contributed by atoms with van der Waals surface area (Å²) in [6, 6.07) is 0. The number of rotatable bonds is 12. The van der Waals surface area contributed by atoms with Crippen molar-refractivity contribution in [3.05, 3.63) is 11.6 Å². The van der Waals surface area contributed by atoms with Crippen molar-refractivity contribution in [2.75, 3.05) is 60.6 Å². The first-order chi connectivity index (χ1) is 16.8. The number of hydrogen-bond acceptors (Lipinski definition) is 9. The van der Waals surface area contributed by atoms with Crippen molar-refractivity contribution in [2.24, 2.45) is 11.7 Å². The van der Waals surface area contributed by atoms with Gasteiger partial charge in [-0.3, -0.25) is 19.8 Å². The Labute approximate surface area is 214 Å². The Balaban J connectivity index is 1.94. The zero-order valence-corrected chi connectivity index (χ0v) is 22.8. The second kappa shape index (κ2) is 13.0. The zero-order valence-electron chi connectivity index (χ0n) is 22.8. The average Bonchev–Trinajstić information content (AvgIpc) is 3.56. The maximum absolute atomic E-state index is 12.6. The number of nitrogens with two attached hydrogens (primary N) is 1. The van der Waals surface area contributed by atoms with E-state index in [0.717, 1.165) is 0 Å². The fraction of sp³-hybridized carbons (Fsp3) is 0.800. The Morgan fingerprint density at radius 3 is 2.44 bits per heavy atom. The summed E-state index contributed by atoms with van der Waals surface area (Å²) >= 11 is 0. The normalized spacial score (nSPS) is 25.4. The quantitative estimate of drug-likeness (QED) is 0.289. The Hall–Kier alpha value is -2.05. The molecule has 1 heterocycles. The lowest BCUT2D eigenvalue weighted by molar-refractivity contribution is -0.172. The molecule has 3 amide bonds. The van der Waals surface area contributed by atoms with Crippen LogP contribution in [0.3, 0.4) is 0 Å². The molecule has 0 bridgehead atoms. The van der Waals surface area contributed by atoms with Crippen molar-refractivity contribution in [3.63, 3.8) is 0 Å². The standard InChI is InChI=1S/C25H44N4O7/c1-17(2)9-13-34-24(3,4)22-21(33-7)18(8-10-25(22)16-35-25)36-23(32)27-19(30)15-28(5)11-12-29(6)20(31)14-26/h9,18,21-22H,8,10-16,26H2,1-7H3,(H,27,30,32)/t18?,21?,22?,25-/m0/s1. The molecule has 0 aromatic carbocycles. The Kier molecular flexibility index (Phi) is 10.9. The molecular formula is C25H44N4O7. The molecule has 1 saturated heterocycles. The van der Waals surface area contributed by atoms with Crippen LogP contribution in [0.25, 0.3) is 0 Å². The van der Waals surface area contributed by atoms with Crippen molar-refractivity contribution in [1.82, 2.24) is 15.1 Å². The third kappa shape index (κ3) is 8.24. The highest BCUT2D eigenvalue weighted by Gasteiger charge is 2.64. The van der Waals surface area contributed by atoms with Crippen LogP contribution in [0.5, 0.6) is 0 Å². The van der Waals surface area contributed by atoms with E-state index in [2.05, 4.69) is 5.32 Å². The van der Waals surface area contributed by atoms with Gasteiger partial charge in [0.15, 0.2) is 0 Å². The van der Waals surface area contributed by atoms with Gasteiger partial charge in [0.1, 0.15) is 12.2 Å². The number of methoxy groups -OCH3 is 1. The summed E-state index contributed by atoms with van der Waals surface area (Å²) in [6.45, 7) is 9.89. The molecule has 2 aliphatic rings. The molecule has 206 valence electrons. The highest BCUT2D eigenvalue weighted by Crippen LogP contribution is 2.52. The molecule has 3 N–H and O–H groups in total. The van der Waals surface area contributed by atoms with Gasteiger partial charge in [0.05, 0.1) is 37.5 Å². The van der Waals surface area contributed by atoms with Crippen molar-refractivity contribution < 1.29 is 33.3 Å². The summed E-state index contributed by atoms with van der Waals surface area (Å²) in [4.78, 5) is 39.7. The summed E-state index contributed by atoms with van der Waals surface area (Å²) < 4.78 is 23.6. The molecular weight excluding hydrogens is 468 g/mol. The van der Waals surface area contributed by atoms with Gasteiger partial charge in [0.25, 0.3) is 0 Å². The number of carbonyl (C=O) groups excluding carboxylic acids is 3. The molecule has 0 aromatic heterocycles. The fourth-order valence-electron chi connectivity index (χ4n) is 4.84. The monoisotopic (exact) mass is 512 g/mol.